The molecule has 17 heavy (non-hydrogen) atoms. The van der Waals surface area contributed by atoms with E-state index >= 15 is 0 Å². The van der Waals surface area contributed by atoms with Crippen LogP contribution in [0.1, 0.15) is 24.8 Å². The molecule has 0 spiro atoms. The van der Waals surface area contributed by atoms with E-state index in [9.17, 15) is 0 Å². The van der Waals surface area contributed by atoms with Crippen molar-refractivity contribution in [1.82, 2.24) is 0 Å². The van der Waals surface area contributed by atoms with Gasteiger partial charge in [-0.15, -0.1) is 0 Å². The van der Waals surface area contributed by atoms with E-state index in [2.05, 4.69) is 0 Å². The maximum atomic E-state index is 9.14. The van der Waals surface area contributed by atoms with Crippen molar-refractivity contribution in [1.29, 1.82) is 0 Å². The number of aryl methyl sites for hydroxylation is 1. The van der Waals surface area contributed by atoms with E-state index in [-0.39, 0.29) is 6.61 Å². The third-order valence-corrected chi connectivity index (χ3v) is 2.65. The maximum absolute atomic E-state index is 9.14. The van der Waals surface area contributed by atoms with Gasteiger partial charge in [-0.2, -0.15) is 0 Å². The molecule has 0 fully saturated rings. The van der Waals surface area contributed by atoms with E-state index in [0.717, 1.165) is 29.6 Å². The van der Waals surface area contributed by atoms with Crippen LogP contribution >= 0.6 is 0 Å². The summed E-state index contributed by atoms with van der Waals surface area (Å²) in [7, 11) is 5.71. The minimum Gasteiger partial charge on any atom is -0.494 e. The molecule has 0 aromatic heterocycles. The molecule has 1 aromatic carbocycles. The third kappa shape index (κ3) is 5.24. The molecule has 0 saturated heterocycles. The number of ether oxygens (including phenoxy) is 1. The Labute approximate surface area is 104 Å². The van der Waals surface area contributed by atoms with Crippen molar-refractivity contribution in [3.8, 4) is 5.75 Å². The van der Waals surface area contributed by atoms with Crippen LogP contribution in [0, 0.1) is 6.92 Å². The van der Waals surface area contributed by atoms with Gasteiger partial charge in [0, 0.05) is 0 Å². The highest BCUT2D eigenvalue weighted by Gasteiger charge is 2.01. The van der Waals surface area contributed by atoms with Crippen LogP contribution in [0.5, 0.6) is 5.75 Å². The summed E-state index contributed by atoms with van der Waals surface area (Å²) in [6.45, 7) is 2.39. The van der Waals surface area contributed by atoms with Crippen molar-refractivity contribution in [2.75, 3.05) is 13.2 Å². The number of hydrogen-bond donors (Lipinski definition) is 2. The summed E-state index contributed by atoms with van der Waals surface area (Å²) in [5.74, 6) is 0.819. The molecular formula is C13H19BO3. The van der Waals surface area contributed by atoms with Crippen molar-refractivity contribution in [2.45, 2.75) is 32.3 Å². The number of rotatable bonds is 7. The molecule has 0 heterocycles. The van der Waals surface area contributed by atoms with Gasteiger partial charge < -0.3 is 14.9 Å². The zero-order valence-corrected chi connectivity index (χ0v) is 10.2. The van der Waals surface area contributed by atoms with Crippen molar-refractivity contribution in [3.05, 3.63) is 23.8 Å². The summed E-state index contributed by atoms with van der Waals surface area (Å²) < 4.78 is 5.56. The van der Waals surface area contributed by atoms with Gasteiger partial charge in [0.05, 0.1) is 19.3 Å². The largest absolute Gasteiger partial charge is 0.494 e. The number of benzene rings is 1. The van der Waals surface area contributed by atoms with E-state index in [4.69, 9.17) is 22.8 Å². The molecule has 0 saturated carbocycles. The number of aliphatic hydroxyl groups excluding tert-OH is 2. The Morgan fingerprint density at radius 2 is 2.12 bits per heavy atom. The Balaban J connectivity index is 2.20. The molecule has 92 valence electrons. The monoisotopic (exact) mass is 234 g/mol. The predicted octanol–water partition coefficient (Wildman–Crippen LogP) is 0.691. The number of unbranched alkanes of at least 4 members (excludes halogenated alkanes) is 1. The van der Waals surface area contributed by atoms with Crippen LogP contribution in [0.3, 0.4) is 0 Å². The summed E-state index contributed by atoms with van der Waals surface area (Å²) in [6, 6.07) is 5.60. The Kier molecular flexibility index (Phi) is 6.09. The first kappa shape index (κ1) is 14.1. The van der Waals surface area contributed by atoms with Gasteiger partial charge in [0.15, 0.2) is 0 Å². The standard InChI is InChI=1S/C13H19BO3/c1-10-8-12(5-6-13(10)14)17-7-3-2-4-11(16)9-15/h5-6,8,11,15-16H,2-4,7,9H2,1H3. The van der Waals surface area contributed by atoms with Gasteiger partial charge in [-0.05, 0) is 38.3 Å². The normalized spacial score (nSPS) is 12.4. The number of hydrogen-bond acceptors (Lipinski definition) is 3. The summed E-state index contributed by atoms with van der Waals surface area (Å²) >= 11 is 0. The highest BCUT2D eigenvalue weighted by molar-refractivity contribution is 6.33. The average molecular weight is 234 g/mol. The molecule has 1 atom stereocenters. The van der Waals surface area contributed by atoms with Crippen LogP contribution < -0.4 is 10.2 Å². The zero-order valence-electron chi connectivity index (χ0n) is 10.2. The van der Waals surface area contributed by atoms with Gasteiger partial charge in [0.25, 0.3) is 0 Å². The molecule has 4 heteroatoms. The molecule has 0 aliphatic rings. The van der Waals surface area contributed by atoms with Gasteiger partial charge in [0.1, 0.15) is 13.6 Å². The van der Waals surface area contributed by atoms with E-state index < -0.39 is 6.10 Å². The van der Waals surface area contributed by atoms with Gasteiger partial charge in [-0.1, -0.05) is 17.1 Å². The van der Waals surface area contributed by atoms with E-state index in [0.29, 0.717) is 13.0 Å². The molecule has 0 aliphatic carbocycles. The molecule has 0 amide bonds. The summed E-state index contributed by atoms with van der Waals surface area (Å²) in [5.41, 5.74) is 1.78. The zero-order chi connectivity index (χ0) is 12.7. The lowest BCUT2D eigenvalue weighted by Gasteiger charge is -2.09. The first-order chi connectivity index (χ1) is 8.13. The van der Waals surface area contributed by atoms with Crippen molar-refractivity contribution >= 4 is 13.3 Å². The van der Waals surface area contributed by atoms with Crippen LogP contribution in [0.25, 0.3) is 0 Å². The topological polar surface area (TPSA) is 49.7 Å². The quantitative estimate of drug-likeness (QED) is 0.539. The van der Waals surface area contributed by atoms with Crippen LogP contribution in [0.15, 0.2) is 18.2 Å². The van der Waals surface area contributed by atoms with Crippen molar-refractivity contribution in [3.63, 3.8) is 0 Å². The fourth-order valence-electron chi connectivity index (χ4n) is 1.50. The van der Waals surface area contributed by atoms with Gasteiger partial charge >= 0.3 is 0 Å². The van der Waals surface area contributed by atoms with Crippen molar-refractivity contribution in [2.24, 2.45) is 0 Å². The Bertz CT molecular complexity index is 341. The minimum absolute atomic E-state index is 0.169. The van der Waals surface area contributed by atoms with E-state index in [1.807, 2.05) is 25.1 Å². The lowest BCUT2D eigenvalue weighted by atomic mass is 9.91. The molecule has 2 radical (unpaired) electrons. The first-order valence-electron chi connectivity index (χ1n) is 5.91. The predicted molar refractivity (Wildman–Crippen MR) is 69.0 cm³/mol. The van der Waals surface area contributed by atoms with Gasteiger partial charge in [0.2, 0.25) is 0 Å². The van der Waals surface area contributed by atoms with Gasteiger partial charge in [-0.25, -0.2) is 0 Å². The second-order valence-corrected chi connectivity index (χ2v) is 4.20. The van der Waals surface area contributed by atoms with E-state index in [1.54, 1.807) is 0 Å². The van der Waals surface area contributed by atoms with E-state index in [1.165, 1.54) is 0 Å². The smallest absolute Gasteiger partial charge is 0.119 e. The Hall–Kier alpha value is -0.995. The Morgan fingerprint density at radius 3 is 2.76 bits per heavy atom. The molecule has 0 bridgehead atoms. The molecular weight excluding hydrogens is 215 g/mol. The maximum Gasteiger partial charge on any atom is 0.119 e. The fraction of sp³-hybridized carbons (Fsp3) is 0.538. The second-order valence-electron chi connectivity index (χ2n) is 4.20. The number of aliphatic hydroxyl groups is 2. The minimum atomic E-state index is -0.603. The summed E-state index contributed by atoms with van der Waals surface area (Å²) in [6.07, 6.45) is 1.71. The van der Waals surface area contributed by atoms with Crippen LogP contribution in [0.4, 0.5) is 0 Å². The van der Waals surface area contributed by atoms with Crippen LogP contribution in [-0.4, -0.2) is 37.4 Å². The second kappa shape index (κ2) is 7.35. The average Bonchev–Trinajstić information content (AvgIpc) is 2.33. The highest BCUT2D eigenvalue weighted by atomic mass is 16.5. The highest BCUT2D eigenvalue weighted by Crippen LogP contribution is 2.11. The molecule has 1 unspecified atom stereocenters. The molecule has 1 rings (SSSR count). The first-order valence-corrected chi connectivity index (χ1v) is 5.91. The molecule has 2 N–H and O–H groups in total. The SMILES string of the molecule is [B]c1ccc(OCCCCC(O)CO)cc1C. The fourth-order valence-corrected chi connectivity index (χ4v) is 1.50. The van der Waals surface area contributed by atoms with Gasteiger partial charge in [-0.3, -0.25) is 0 Å². The van der Waals surface area contributed by atoms with Crippen LogP contribution in [0.2, 0.25) is 0 Å². The van der Waals surface area contributed by atoms with Crippen molar-refractivity contribution < 1.29 is 14.9 Å². The van der Waals surface area contributed by atoms with Crippen LogP contribution in [-0.2, 0) is 0 Å². The lowest BCUT2D eigenvalue weighted by molar-refractivity contribution is 0.0851. The summed E-state index contributed by atoms with van der Waals surface area (Å²) in [5, 5.41) is 17.8. The third-order valence-electron chi connectivity index (χ3n) is 2.65. The Morgan fingerprint density at radius 1 is 1.35 bits per heavy atom. The molecule has 0 aliphatic heterocycles. The molecule has 1 aromatic rings. The summed E-state index contributed by atoms with van der Waals surface area (Å²) in [4.78, 5) is 0. The molecule has 3 nitrogen and oxygen atoms in total. The lowest BCUT2D eigenvalue weighted by Crippen LogP contribution is -2.12.